The molecule has 122 valence electrons. The van der Waals surface area contributed by atoms with Gasteiger partial charge >= 0.3 is 0 Å². The number of halogens is 2. The minimum atomic E-state index is -0.910. The molecule has 5 nitrogen and oxygen atoms in total. The Kier molecular flexibility index (Phi) is 4.41. The average molecular weight is 328 g/mol. The van der Waals surface area contributed by atoms with E-state index in [2.05, 4.69) is 19.9 Å². The first-order valence-electron chi connectivity index (χ1n) is 7.23. The zero-order valence-electron chi connectivity index (χ0n) is 13.1. The molecule has 2 heterocycles. The van der Waals surface area contributed by atoms with Crippen LogP contribution in [0.2, 0.25) is 0 Å². The summed E-state index contributed by atoms with van der Waals surface area (Å²) in [6, 6.07) is 3.63. The molecule has 24 heavy (non-hydrogen) atoms. The van der Waals surface area contributed by atoms with E-state index in [-0.39, 0.29) is 6.61 Å². The van der Waals surface area contributed by atoms with Gasteiger partial charge < -0.3 is 4.74 Å². The van der Waals surface area contributed by atoms with Gasteiger partial charge in [-0.1, -0.05) is 6.07 Å². The number of hydrogen-bond donors (Lipinski definition) is 0. The second-order valence-electron chi connectivity index (χ2n) is 5.19. The summed E-state index contributed by atoms with van der Waals surface area (Å²) in [6.45, 7) is 3.73. The Hall–Kier alpha value is -2.96. The van der Waals surface area contributed by atoms with Gasteiger partial charge in [-0.2, -0.15) is 4.98 Å². The van der Waals surface area contributed by atoms with Crippen LogP contribution in [0.1, 0.15) is 16.8 Å². The van der Waals surface area contributed by atoms with Gasteiger partial charge in [-0.15, -0.1) is 0 Å². The van der Waals surface area contributed by atoms with Gasteiger partial charge in [0.2, 0.25) is 5.88 Å². The Balaban J connectivity index is 1.87. The minimum Gasteiger partial charge on any atom is -0.473 e. The number of hydrogen-bond acceptors (Lipinski definition) is 5. The third-order valence-corrected chi connectivity index (χ3v) is 3.50. The molecule has 0 amide bonds. The topological polar surface area (TPSA) is 60.8 Å². The van der Waals surface area contributed by atoms with Gasteiger partial charge in [0.15, 0.2) is 17.5 Å². The molecule has 0 unspecified atom stereocenters. The normalized spacial score (nSPS) is 10.7. The highest BCUT2D eigenvalue weighted by Crippen LogP contribution is 2.22. The van der Waals surface area contributed by atoms with Crippen molar-refractivity contribution in [3.8, 4) is 17.4 Å². The smallest absolute Gasteiger partial charge is 0.220 e. The summed E-state index contributed by atoms with van der Waals surface area (Å²) < 4.78 is 31.9. The molecule has 2 aromatic heterocycles. The van der Waals surface area contributed by atoms with Gasteiger partial charge in [0, 0.05) is 23.7 Å². The second-order valence-corrected chi connectivity index (χ2v) is 5.19. The molecule has 0 fully saturated rings. The molecular weight excluding hydrogens is 314 g/mol. The molecule has 0 saturated carbocycles. The van der Waals surface area contributed by atoms with E-state index >= 15 is 0 Å². The zero-order valence-corrected chi connectivity index (χ0v) is 13.1. The lowest BCUT2D eigenvalue weighted by molar-refractivity contribution is 0.290. The standard InChI is InChI=1S/C17H14F2N4O/c1-10-11(2)22-16(15-8-20-5-6-21-15)23-17(10)24-9-12-3-4-13(18)14(19)7-12/h3-8H,9H2,1-2H3. The number of benzene rings is 1. The molecule has 0 saturated heterocycles. The van der Waals surface area contributed by atoms with E-state index in [1.807, 2.05) is 13.8 Å². The van der Waals surface area contributed by atoms with Gasteiger partial charge in [-0.05, 0) is 31.5 Å². The highest BCUT2D eigenvalue weighted by Gasteiger charge is 2.12. The van der Waals surface area contributed by atoms with Crippen LogP contribution < -0.4 is 4.74 Å². The Morgan fingerprint density at radius 3 is 2.58 bits per heavy atom. The summed E-state index contributed by atoms with van der Waals surface area (Å²) in [7, 11) is 0. The van der Waals surface area contributed by atoms with Gasteiger partial charge in [0.25, 0.3) is 0 Å². The molecule has 3 aromatic rings. The Bertz CT molecular complexity index is 872. The molecule has 0 radical (unpaired) electrons. The molecule has 0 aliphatic heterocycles. The van der Waals surface area contributed by atoms with E-state index in [9.17, 15) is 8.78 Å². The molecule has 0 atom stereocenters. The van der Waals surface area contributed by atoms with E-state index in [4.69, 9.17) is 4.74 Å². The Morgan fingerprint density at radius 2 is 1.88 bits per heavy atom. The minimum absolute atomic E-state index is 0.0639. The first-order valence-corrected chi connectivity index (χ1v) is 7.23. The number of ether oxygens (including phenoxy) is 1. The number of aromatic nitrogens is 4. The maximum atomic E-state index is 13.3. The summed E-state index contributed by atoms with van der Waals surface area (Å²) >= 11 is 0. The van der Waals surface area contributed by atoms with Crippen LogP contribution in [0.15, 0.2) is 36.8 Å². The third-order valence-electron chi connectivity index (χ3n) is 3.50. The lowest BCUT2D eigenvalue weighted by atomic mass is 10.2. The van der Waals surface area contributed by atoms with Crippen LogP contribution in [-0.2, 0) is 6.61 Å². The van der Waals surface area contributed by atoms with Crippen molar-refractivity contribution in [2.45, 2.75) is 20.5 Å². The molecule has 7 heteroatoms. The monoisotopic (exact) mass is 328 g/mol. The lowest BCUT2D eigenvalue weighted by Crippen LogP contribution is -2.05. The predicted molar refractivity (Wildman–Crippen MR) is 83.2 cm³/mol. The summed E-state index contributed by atoms with van der Waals surface area (Å²) in [6.07, 6.45) is 4.67. The molecule has 1 aromatic carbocycles. The van der Waals surface area contributed by atoms with Crippen molar-refractivity contribution < 1.29 is 13.5 Å². The fourth-order valence-electron chi connectivity index (χ4n) is 2.05. The van der Waals surface area contributed by atoms with E-state index in [0.29, 0.717) is 23.0 Å². The predicted octanol–water partition coefficient (Wildman–Crippen LogP) is 3.41. The van der Waals surface area contributed by atoms with Crippen LogP contribution >= 0.6 is 0 Å². The van der Waals surface area contributed by atoms with Gasteiger partial charge in [0.1, 0.15) is 12.3 Å². The summed E-state index contributed by atoms with van der Waals surface area (Å²) in [5, 5.41) is 0. The van der Waals surface area contributed by atoms with Gasteiger partial charge in [-0.3, -0.25) is 4.98 Å². The molecule has 0 aliphatic carbocycles. The summed E-state index contributed by atoms with van der Waals surface area (Å²) in [5.41, 5.74) is 2.54. The molecule has 3 rings (SSSR count). The number of rotatable bonds is 4. The van der Waals surface area contributed by atoms with Crippen molar-refractivity contribution in [1.82, 2.24) is 19.9 Å². The second kappa shape index (κ2) is 6.66. The van der Waals surface area contributed by atoms with E-state index in [1.54, 1.807) is 18.6 Å². The zero-order chi connectivity index (χ0) is 17.1. The number of aryl methyl sites for hydroxylation is 1. The van der Waals surface area contributed by atoms with Crippen LogP contribution in [0.25, 0.3) is 11.5 Å². The fraction of sp³-hybridized carbons (Fsp3) is 0.176. The van der Waals surface area contributed by atoms with Crippen molar-refractivity contribution in [2.24, 2.45) is 0 Å². The highest BCUT2D eigenvalue weighted by molar-refractivity contribution is 5.49. The molecule has 0 spiro atoms. The van der Waals surface area contributed by atoms with E-state index in [0.717, 1.165) is 23.4 Å². The first kappa shape index (κ1) is 15.9. The third kappa shape index (κ3) is 3.34. The quantitative estimate of drug-likeness (QED) is 0.734. The molecule has 0 aliphatic rings. The van der Waals surface area contributed by atoms with Crippen molar-refractivity contribution in [2.75, 3.05) is 0 Å². The van der Waals surface area contributed by atoms with Crippen LogP contribution in [0, 0.1) is 25.5 Å². The lowest BCUT2D eigenvalue weighted by Gasteiger charge is -2.11. The van der Waals surface area contributed by atoms with E-state index < -0.39 is 11.6 Å². The van der Waals surface area contributed by atoms with Crippen LogP contribution in [0.4, 0.5) is 8.78 Å². The molecule has 0 N–H and O–H groups in total. The van der Waals surface area contributed by atoms with Crippen molar-refractivity contribution in [3.05, 3.63) is 65.2 Å². The van der Waals surface area contributed by atoms with Crippen molar-refractivity contribution in [1.29, 1.82) is 0 Å². The number of nitrogens with zero attached hydrogens (tertiary/aromatic N) is 4. The van der Waals surface area contributed by atoms with Gasteiger partial charge in [0.05, 0.1) is 6.20 Å². The Morgan fingerprint density at radius 1 is 1.04 bits per heavy atom. The van der Waals surface area contributed by atoms with Crippen molar-refractivity contribution >= 4 is 0 Å². The van der Waals surface area contributed by atoms with E-state index in [1.165, 1.54) is 6.07 Å². The maximum absolute atomic E-state index is 13.3. The molecular formula is C17H14F2N4O. The Labute approximate surface area is 137 Å². The van der Waals surface area contributed by atoms with Gasteiger partial charge in [-0.25, -0.2) is 18.7 Å². The maximum Gasteiger partial charge on any atom is 0.220 e. The highest BCUT2D eigenvalue weighted by atomic mass is 19.2. The summed E-state index contributed by atoms with van der Waals surface area (Å²) in [5.74, 6) is -1.04. The van der Waals surface area contributed by atoms with Crippen LogP contribution in [-0.4, -0.2) is 19.9 Å². The van der Waals surface area contributed by atoms with Crippen molar-refractivity contribution in [3.63, 3.8) is 0 Å². The fourth-order valence-corrected chi connectivity index (χ4v) is 2.05. The largest absolute Gasteiger partial charge is 0.473 e. The molecule has 0 bridgehead atoms. The van der Waals surface area contributed by atoms with Crippen LogP contribution in [0.5, 0.6) is 5.88 Å². The average Bonchev–Trinajstić information content (AvgIpc) is 2.60. The first-order chi connectivity index (χ1) is 11.5. The van der Waals surface area contributed by atoms with Crippen LogP contribution in [0.3, 0.4) is 0 Å². The summed E-state index contributed by atoms with van der Waals surface area (Å²) in [4.78, 5) is 16.9. The SMILES string of the molecule is Cc1nc(-c2cnccn2)nc(OCc2ccc(F)c(F)c2)c1C.